The molecule has 9 nitrogen and oxygen atoms in total. The van der Waals surface area contributed by atoms with Crippen molar-refractivity contribution in [1.82, 2.24) is 15.5 Å². The molecule has 2 saturated carbocycles. The highest BCUT2D eigenvalue weighted by Gasteiger charge is 2.44. The molecular formula is C29H51N5O4S. The Balaban J connectivity index is 1.63. The van der Waals surface area contributed by atoms with Crippen LogP contribution in [0, 0.1) is 23.2 Å². The Morgan fingerprint density at radius 1 is 1.03 bits per heavy atom. The summed E-state index contributed by atoms with van der Waals surface area (Å²) in [6.45, 7) is 7.35. The number of hydrogen-bond acceptors (Lipinski definition) is 6. The predicted molar refractivity (Wildman–Crippen MR) is 157 cm³/mol. The number of carbonyl (C=O) groups is 3. The Hall–Kier alpha value is -1.97. The highest BCUT2D eigenvalue weighted by molar-refractivity contribution is 8.00. The molecule has 0 aromatic rings. The quantitative estimate of drug-likeness (QED) is 0.204. The van der Waals surface area contributed by atoms with Crippen LogP contribution in [0.15, 0.2) is 0 Å². The van der Waals surface area contributed by atoms with Crippen molar-refractivity contribution < 1.29 is 19.1 Å². The van der Waals surface area contributed by atoms with E-state index in [1.54, 1.807) is 16.7 Å². The summed E-state index contributed by atoms with van der Waals surface area (Å²) in [5, 5.41) is 13.7. The van der Waals surface area contributed by atoms with E-state index in [1.807, 2.05) is 20.8 Å². The molecule has 3 amide bonds. The summed E-state index contributed by atoms with van der Waals surface area (Å²) >= 11 is 1.74. The van der Waals surface area contributed by atoms with Gasteiger partial charge in [0.05, 0.1) is 12.4 Å². The zero-order chi connectivity index (χ0) is 28.4. The van der Waals surface area contributed by atoms with E-state index in [4.69, 9.17) is 15.9 Å². The second kappa shape index (κ2) is 15.1. The monoisotopic (exact) mass is 565 g/mol. The van der Waals surface area contributed by atoms with Gasteiger partial charge in [0, 0.05) is 23.8 Å². The largest absolute Gasteiger partial charge is 0.450 e. The van der Waals surface area contributed by atoms with Crippen molar-refractivity contribution >= 4 is 35.5 Å². The van der Waals surface area contributed by atoms with Crippen LogP contribution in [0.3, 0.4) is 0 Å². The molecule has 1 aliphatic heterocycles. The maximum absolute atomic E-state index is 14.0. The fraction of sp³-hybridized carbons (Fsp3) is 0.862. The summed E-state index contributed by atoms with van der Waals surface area (Å²) in [5.41, 5.74) is 5.67. The summed E-state index contributed by atoms with van der Waals surface area (Å²) in [5.74, 6) is 2.07. The number of amidine groups is 1. The molecule has 3 rings (SSSR count). The van der Waals surface area contributed by atoms with Crippen LogP contribution in [0.4, 0.5) is 4.79 Å². The van der Waals surface area contributed by atoms with Crippen LogP contribution >= 0.6 is 11.8 Å². The SMILES string of the molecule is CCCOC(=O)N[C@@H](C(=O)N1CCC[C@H]1C(=O)NCC1CCC(C(=N)N)CC1)C(C)(C)SCC1CCCCC1. The third-order valence-electron chi connectivity index (χ3n) is 8.75. The molecule has 0 aromatic carbocycles. The van der Waals surface area contributed by atoms with E-state index in [0.717, 1.165) is 37.9 Å². The van der Waals surface area contributed by atoms with Gasteiger partial charge in [-0.2, -0.15) is 11.8 Å². The van der Waals surface area contributed by atoms with E-state index < -0.39 is 22.9 Å². The fourth-order valence-electron chi connectivity index (χ4n) is 6.17. The van der Waals surface area contributed by atoms with Crippen LogP contribution in [0.1, 0.15) is 97.8 Å². The van der Waals surface area contributed by atoms with Crippen molar-refractivity contribution in [1.29, 1.82) is 5.41 Å². The predicted octanol–water partition coefficient (Wildman–Crippen LogP) is 4.43. The number of ether oxygens (including phenoxy) is 1. The van der Waals surface area contributed by atoms with Crippen molar-refractivity contribution in [3.63, 3.8) is 0 Å². The molecule has 1 heterocycles. The lowest BCUT2D eigenvalue weighted by atomic mass is 9.81. The van der Waals surface area contributed by atoms with Gasteiger partial charge in [-0.05, 0) is 89.2 Å². The van der Waals surface area contributed by atoms with E-state index in [-0.39, 0.29) is 23.6 Å². The number of likely N-dealkylation sites (tertiary alicyclic amines) is 1. The molecule has 39 heavy (non-hydrogen) atoms. The lowest BCUT2D eigenvalue weighted by Crippen LogP contribution is -2.60. The number of alkyl carbamates (subject to hydrolysis) is 1. The summed E-state index contributed by atoms with van der Waals surface area (Å²) in [7, 11) is 0. The molecule has 0 radical (unpaired) electrons. The van der Waals surface area contributed by atoms with E-state index in [2.05, 4.69) is 10.6 Å². The van der Waals surface area contributed by atoms with Crippen molar-refractivity contribution in [2.24, 2.45) is 23.5 Å². The molecule has 1 saturated heterocycles. The molecule has 2 atom stereocenters. The van der Waals surface area contributed by atoms with Crippen molar-refractivity contribution in [3.8, 4) is 0 Å². The third-order valence-corrected chi connectivity index (χ3v) is 10.4. The number of nitrogens with two attached hydrogens (primary N) is 1. The first-order valence-corrected chi connectivity index (χ1v) is 16.1. The van der Waals surface area contributed by atoms with Gasteiger partial charge in [0.1, 0.15) is 12.1 Å². The molecule has 0 unspecified atom stereocenters. The van der Waals surface area contributed by atoms with Crippen LogP contribution in [0.2, 0.25) is 0 Å². The van der Waals surface area contributed by atoms with Crippen molar-refractivity contribution in [2.75, 3.05) is 25.4 Å². The Labute approximate surface area is 239 Å². The molecule has 3 aliphatic rings. The van der Waals surface area contributed by atoms with Crippen molar-refractivity contribution in [3.05, 3.63) is 0 Å². The zero-order valence-corrected chi connectivity index (χ0v) is 25.1. The topological polar surface area (TPSA) is 138 Å². The van der Waals surface area contributed by atoms with Gasteiger partial charge in [-0.25, -0.2) is 4.79 Å². The van der Waals surface area contributed by atoms with Crippen LogP contribution < -0.4 is 16.4 Å². The smallest absolute Gasteiger partial charge is 0.407 e. The van der Waals surface area contributed by atoms with Gasteiger partial charge in [0.2, 0.25) is 11.8 Å². The summed E-state index contributed by atoms with van der Waals surface area (Å²) < 4.78 is 4.74. The Bertz CT molecular complexity index is 840. The number of hydrogen-bond donors (Lipinski definition) is 4. The minimum absolute atomic E-state index is 0.116. The molecule has 0 aromatic heterocycles. The van der Waals surface area contributed by atoms with Gasteiger partial charge >= 0.3 is 6.09 Å². The first-order chi connectivity index (χ1) is 18.6. The highest BCUT2D eigenvalue weighted by atomic mass is 32.2. The zero-order valence-electron chi connectivity index (χ0n) is 24.3. The Morgan fingerprint density at radius 3 is 2.36 bits per heavy atom. The molecule has 10 heteroatoms. The van der Waals surface area contributed by atoms with Crippen LogP contribution in [-0.2, 0) is 14.3 Å². The molecule has 0 spiro atoms. The van der Waals surface area contributed by atoms with Gasteiger partial charge in [0.25, 0.3) is 0 Å². The fourth-order valence-corrected chi connectivity index (χ4v) is 7.49. The summed E-state index contributed by atoms with van der Waals surface area (Å²) in [6.07, 6.45) is 11.4. The lowest BCUT2D eigenvalue weighted by Gasteiger charge is -2.38. The molecular weight excluding hydrogens is 514 g/mol. The van der Waals surface area contributed by atoms with E-state index in [0.29, 0.717) is 44.4 Å². The Morgan fingerprint density at radius 2 is 1.72 bits per heavy atom. The second-order valence-electron chi connectivity index (χ2n) is 12.2. The highest BCUT2D eigenvalue weighted by Crippen LogP contribution is 2.36. The maximum Gasteiger partial charge on any atom is 0.407 e. The standard InChI is InChI=1S/C29H51N5O4S/c1-4-17-38-28(37)33-24(29(2,3)39-19-21-9-6-5-7-10-21)27(36)34-16-8-11-23(34)26(35)32-18-20-12-14-22(15-13-20)25(30)31/h20-24H,4-19H2,1-3H3,(H3,30,31)(H,32,35)(H,33,37)/t20?,22?,23-,24-/m0/s1. The minimum atomic E-state index is -0.786. The van der Waals surface area contributed by atoms with Gasteiger partial charge in [-0.3, -0.25) is 15.0 Å². The second-order valence-corrected chi connectivity index (χ2v) is 13.9. The average Bonchev–Trinajstić information content (AvgIpc) is 3.43. The number of nitrogens with zero attached hydrogens (tertiary/aromatic N) is 1. The van der Waals surface area contributed by atoms with Crippen LogP contribution in [-0.4, -0.2) is 70.9 Å². The number of amides is 3. The maximum atomic E-state index is 14.0. The molecule has 0 bridgehead atoms. The van der Waals surface area contributed by atoms with E-state index in [9.17, 15) is 14.4 Å². The van der Waals surface area contributed by atoms with Gasteiger partial charge < -0.3 is 26.0 Å². The summed E-state index contributed by atoms with van der Waals surface area (Å²) in [4.78, 5) is 41.6. The molecule has 2 aliphatic carbocycles. The van der Waals surface area contributed by atoms with Crippen LogP contribution in [0.5, 0.6) is 0 Å². The molecule has 222 valence electrons. The number of nitrogens with one attached hydrogen (secondary N) is 3. The lowest BCUT2D eigenvalue weighted by molar-refractivity contribution is -0.140. The molecule has 5 N–H and O–H groups in total. The first-order valence-electron chi connectivity index (χ1n) is 15.1. The first kappa shape index (κ1) is 31.6. The normalized spacial score (nSPS) is 25.1. The summed E-state index contributed by atoms with van der Waals surface area (Å²) in [6, 6.07) is -1.31. The van der Waals surface area contributed by atoms with Crippen LogP contribution in [0.25, 0.3) is 0 Å². The van der Waals surface area contributed by atoms with Gasteiger partial charge in [-0.15, -0.1) is 0 Å². The molecule has 3 fully saturated rings. The van der Waals surface area contributed by atoms with E-state index >= 15 is 0 Å². The third kappa shape index (κ3) is 9.29. The number of thioether (sulfide) groups is 1. The minimum Gasteiger partial charge on any atom is -0.450 e. The van der Waals surface area contributed by atoms with E-state index in [1.165, 1.54) is 32.1 Å². The number of rotatable bonds is 12. The number of carbonyl (C=O) groups excluding carboxylic acids is 3. The van der Waals surface area contributed by atoms with Crippen molar-refractivity contribution in [2.45, 2.75) is 115 Å². The average molecular weight is 566 g/mol. The van der Waals surface area contributed by atoms with Gasteiger partial charge in [0.15, 0.2) is 0 Å². The Kier molecular flexibility index (Phi) is 12.3. The van der Waals surface area contributed by atoms with Gasteiger partial charge in [-0.1, -0.05) is 26.2 Å².